The Bertz CT molecular complexity index is 1350. The highest BCUT2D eigenvalue weighted by molar-refractivity contribution is 7.84. The molecule has 0 aliphatic heterocycles. The van der Waals surface area contributed by atoms with E-state index in [0.29, 0.717) is 35.0 Å². The lowest BCUT2D eigenvalue weighted by atomic mass is 10.1. The van der Waals surface area contributed by atoms with E-state index in [4.69, 9.17) is 26.2 Å². The lowest BCUT2D eigenvalue weighted by molar-refractivity contribution is 0.101. The highest BCUT2D eigenvalue weighted by atomic mass is 35.5. The van der Waals surface area contributed by atoms with Crippen molar-refractivity contribution in [2.75, 3.05) is 19.0 Å². The van der Waals surface area contributed by atoms with E-state index in [1.807, 2.05) is 0 Å². The highest BCUT2D eigenvalue weighted by Gasteiger charge is 2.35. The molecule has 2 heterocycles. The largest absolute Gasteiger partial charge is 0.493 e. The molecule has 0 saturated heterocycles. The molecule has 0 spiro atoms. The van der Waals surface area contributed by atoms with Crippen LogP contribution in [0.25, 0.3) is 0 Å². The number of hydrogen-bond donors (Lipinski definition) is 3. The van der Waals surface area contributed by atoms with Crippen LogP contribution >= 0.6 is 22.9 Å². The van der Waals surface area contributed by atoms with Gasteiger partial charge in [-0.2, -0.15) is 8.42 Å². The maximum Gasteiger partial charge on any atom is 0.333 e. The number of para-hydroxylation sites is 2. The van der Waals surface area contributed by atoms with Crippen molar-refractivity contribution in [3.05, 3.63) is 57.6 Å². The van der Waals surface area contributed by atoms with E-state index in [2.05, 4.69) is 19.5 Å². The number of carbonyl (C=O) groups is 1. The molecule has 0 bridgehead atoms. The van der Waals surface area contributed by atoms with Gasteiger partial charge < -0.3 is 19.9 Å². The number of aromatic nitrogens is 2. The van der Waals surface area contributed by atoms with Crippen molar-refractivity contribution >= 4 is 44.8 Å². The van der Waals surface area contributed by atoms with Gasteiger partial charge in [0.1, 0.15) is 16.5 Å². The third kappa shape index (κ3) is 6.30. The fraction of sp³-hybridized carbons (Fsp3) is 0.318. The lowest BCUT2D eigenvalue weighted by Gasteiger charge is -2.15. The van der Waals surface area contributed by atoms with Crippen LogP contribution in [0, 0.1) is 5.92 Å². The zero-order valence-corrected chi connectivity index (χ0v) is 21.3. The Kier molecular flexibility index (Phi) is 8.07. The number of nitrogens with one attached hydrogen (secondary N) is 1. The van der Waals surface area contributed by atoms with Crippen molar-refractivity contribution in [3.63, 3.8) is 0 Å². The van der Waals surface area contributed by atoms with Crippen molar-refractivity contribution in [2.24, 2.45) is 11.1 Å². The summed E-state index contributed by atoms with van der Waals surface area (Å²) >= 11 is 7.41. The van der Waals surface area contributed by atoms with Crippen LogP contribution in [0.3, 0.4) is 0 Å². The standard InChI is InChI=1S/C22H23ClN4O7S2/c1-32-16-4-2-3-5-17(16)34-18-8-19(35-21(18)23)20(29)14-9-25-11-26-22(14)27-13-6-12(15(28)7-13)10-33-36(24,30)31/h2-5,8-9,11-13,15,28H,6-7,10H2,1H3,(H2,24,30,31)(H,25,26,27)/t12-,13-,15+/m1/s1. The van der Waals surface area contributed by atoms with Crippen molar-refractivity contribution in [2.45, 2.75) is 25.0 Å². The summed E-state index contributed by atoms with van der Waals surface area (Å²) in [5.41, 5.74) is 0.206. The molecule has 2 aromatic heterocycles. The van der Waals surface area contributed by atoms with Gasteiger partial charge >= 0.3 is 10.3 Å². The van der Waals surface area contributed by atoms with Crippen molar-refractivity contribution in [3.8, 4) is 17.2 Å². The molecule has 0 radical (unpaired) electrons. The smallest absolute Gasteiger partial charge is 0.333 e. The summed E-state index contributed by atoms with van der Waals surface area (Å²) < 4.78 is 38.2. The summed E-state index contributed by atoms with van der Waals surface area (Å²) in [6.07, 6.45) is 2.56. The molecule has 4 N–H and O–H groups in total. The Morgan fingerprint density at radius 1 is 1.28 bits per heavy atom. The lowest BCUT2D eigenvalue weighted by Crippen LogP contribution is -2.24. The number of anilines is 1. The molecular weight excluding hydrogens is 532 g/mol. The molecule has 3 aromatic rings. The summed E-state index contributed by atoms with van der Waals surface area (Å²) in [7, 11) is -2.59. The van der Waals surface area contributed by atoms with E-state index in [1.165, 1.54) is 19.6 Å². The molecule has 1 aliphatic rings. The molecule has 4 rings (SSSR count). The SMILES string of the molecule is COc1ccccc1Oc1cc(C(=O)c2cncnc2N[C@@H]2C[C@H](COS(N)(=O)=O)[C@@H](O)C2)sc1Cl. The van der Waals surface area contributed by atoms with Crippen LogP contribution < -0.4 is 19.9 Å². The average Bonchev–Trinajstić information content (AvgIpc) is 3.38. The molecular formula is C22H23ClN4O7S2. The van der Waals surface area contributed by atoms with Crippen molar-refractivity contribution < 1.29 is 32.0 Å². The van der Waals surface area contributed by atoms with E-state index >= 15 is 0 Å². The minimum Gasteiger partial charge on any atom is -0.493 e. The van der Waals surface area contributed by atoms with E-state index < -0.39 is 22.3 Å². The van der Waals surface area contributed by atoms with Gasteiger partial charge in [-0.25, -0.2) is 15.1 Å². The topological polar surface area (TPSA) is 163 Å². The number of halogens is 1. The molecule has 1 aromatic carbocycles. The van der Waals surface area contributed by atoms with Gasteiger partial charge in [-0.3, -0.25) is 8.98 Å². The number of ketones is 1. The number of ether oxygens (including phenoxy) is 2. The zero-order chi connectivity index (χ0) is 25.9. The van der Waals surface area contributed by atoms with Gasteiger partial charge in [0.05, 0.1) is 30.3 Å². The van der Waals surface area contributed by atoms with Gasteiger partial charge in [0, 0.05) is 24.2 Å². The van der Waals surface area contributed by atoms with Gasteiger partial charge in [-0.15, -0.1) is 11.3 Å². The first-order valence-corrected chi connectivity index (χ1v) is 13.4. The van der Waals surface area contributed by atoms with Crippen LogP contribution in [0.5, 0.6) is 17.2 Å². The maximum atomic E-state index is 13.3. The molecule has 1 saturated carbocycles. The second kappa shape index (κ2) is 11.1. The van der Waals surface area contributed by atoms with Crippen LogP contribution in [0.15, 0.2) is 42.9 Å². The maximum absolute atomic E-state index is 13.3. The van der Waals surface area contributed by atoms with Crippen LogP contribution in [0.2, 0.25) is 4.34 Å². The van der Waals surface area contributed by atoms with E-state index in [0.717, 1.165) is 11.3 Å². The number of hydrogen-bond acceptors (Lipinski definition) is 11. The summed E-state index contributed by atoms with van der Waals surface area (Å²) in [6.45, 7) is -0.240. The van der Waals surface area contributed by atoms with Crippen LogP contribution in [0.1, 0.15) is 28.1 Å². The molecule has 0 unspecified atom stereocenters. The van der Waals surface area contributed by atoms with Crippen molar-refractivity contribution in [1.29, 1.82) is 0 Å². The first-order valence-electron chi connectivity index (χ1n) is 10.7. The van der Waals surface area contributed by atoms with E-state index in [9.17, 15) is 18.3 Å². The van der Waals surface area contributed by atoms with Gasteiger partial charge in [0.25, 0.3) is 0 Å². The molecule has 14 heteroatoms. The first-order chi connectivity index (χ1) is 17.1. The second-order valence-corrected chi connectivity index (χ2v) is 10.9. The Hall–Kier alpha value is -2.81. The molecule has 0 amide bonds. The molecule has 11 nitrogen and oxygen atoms in total. The summed E-state index contributed by atoms with van der Waals surface area (Å²) in [5, 5.41) is 18.3. The fourth-order valence-electron chi connectivity index (χ4n) is 3.87. The number of carbonyl (C=O) groups excluding carboxylic acids is 1. The normalized spacial score (nSPS) is 19.7. The van der Waals surface area contributed by atoms with Gasteiger partial charge in [0.2, 0.25) is 5.78 Å². The number of aliphatic hydroxyl groups is 1. The summed E-state index contributed by atoms with van der Waals surface area (Å²) in [4.78, 5) is 21.8. The monoisotopic (exact) mass is 554 g/mol. The van der Waals surface area contributed by atoms with E-state index in [1.54, 1.807) is 30.3 Å². The molecule has 1 aliphatic carbocycles. The quantitative estimate of drug-likeness (QED) is 0.317. The number of benzene rings is 1. The number of nitrogens with zero attached hydrogens (tertiary/aromatic N) is 2. The predicted molar refractivity (Wildman–Crippen MR) is 133 cm³/mol. The highest BCUT2D eigenvalue weighted by Crippen LogP contribution is 2.41. The van der Waals surface area contributed by atoms with Crippen LogP contribution in [0.4, 0.5) is 5.82 Å². The van der Waals surface area contributed by atoms with Crippen LogP contribution in [-0.2, 0) is 14.5 Å². The number of nitrogens with two attached hydrogens (primary N) is 1. The Morgan fingerprint density at radius 2 is 2.03 bits per heavy atom. The molecule has 3 atom stereocenters. The number of rotatable bonds is 10. The Morgan fingerprint density at radius 3 is 2.75 bits per heavy atom. The zero-order valence-electron chi connectivity index (χ0n) is 19.0. The number of methoxy groups -OCH3 is 1. The second-order valence-electron chi connectivity index (χ2n) is 8.03. The summed E-state index contributed by atoms with van der Waals surface area (Å²) in [5.74, 6) is 0.724. The third-order valence-electron chi connectivity index (χ3n) is 5.57. The van der Waals surface area contributed by atoms with Crippen LogP contribution in [-0.4, -0.2) is 55.1 Å². The van der Waals surface area contributed by atoms with Gasteiger partial charge in [-0.1, -0.05) is 23.7 Å². The number of aliphatic hydroxyl groups excluding tert-OH is 1. The first kappa shape index (κ1) is 26.3. The number of thiophene rings is 1. The fourth-order valence-corrected chi connectivity index (χ4v) is 5.34. The molecule has 1 fully saturated rings. The van der Waals surface area contributed by atoms with E-state index in [-0.39, 0.29) is 34.1 Å². The predicted octanol–water partition coefficient (Wildman–Crippen LogP) is 2.99. The molecule has 36 heavy (non-hydrogen) atoms. The Labute approximate surface area is 216 Å². The van der Waals surface area contributed by atoms with Crippen molar-refractivity contribution in [1.82, 2.24) is 9.97 Å². The van der Waals surface area contributed by atoms with Gasteiger partial charge in [-0.05, 0) is 25.0 Å². The third-order valence-corrected chi connectivity index (χ3v) is 7.36. The average molecular weight is 555 g/mol. The van der Waals surface area contributed by atoms with Gasteiger partial charge in [0.15, 0.2) is 17.2 Å². The Balaban J connectivity index is 1.49. The minimum atomic E-state index is -4.11. The minimum absolute atomic E-state index is 0.206. The summed E-state index contributed by atoms with van der Waals surface area (Å²) in [6, 6.07) is 8.31. The molecule has 192 valence electrons.